The first-order chi connectivity index (χ1) is 14.5. The van der Waals surface area contributed by atoms with E-state index in [2.05, 4.69) is 66.5 Å². The van der Waals surface area contributed by atoms with Gasteiger partial charge in [0.25, 0.3) is 0 Å². The largest absolute Gasteiger partial charge is 0.466 e. The van der Waals surface area contributed by atoms with Crippen molar-refractivity contribution in [3.05, 3.63) is 52.6 Å². The molecule has 1 aliphatic rings. The number of thioether (sulfide) groups is 1. The first-order valence-electron chi connectivity index (χ1n) is 10.9. The maximum absolute atomic E-state index is 11.6. The highest BCUT2D eigenvalue weighted by molar-refractivity contribution is 8.00. The van der Waals surface area contributed by atoms with Crippen molar-refractivity contribution in [3.63, 3.8) is 0 Å². The highest BCUT2D eigenvalue weighted by Crippen LogP contribution is 2.47. The predicted octanol–water partition coefficient (Wildman–Crippen LogP) is 5.14. The molecule has 0 N–H and O–H groups in total. The standard InChI is InChI=1S/C25H30N2O2S/c1-5-18-14-23-20(11-12-25(6-2,7-3)30-23)13-19(18)9-10-21-16-27-22(17-26-21)15-24(28)29-8-4/h13-14,16-17H,5-8,11-12,15H2,1-4H3. The number of rotatable bonds is 6. The molecule has 0 saturated heterocycles. The van der Waals surface area contributed by atoms with Gasteiger partial charge in [-0.25, -0.2) is 4.98 Å². The maximum atomic E-state index is 11.6. The van der Waals surface area contributed by atoms with Crippen LogP contribution in [0.15, 0.2) is 29.4 Å². The molecule has 3 rings (SSSR count). The molecule has 4 nitrogen and oxygen atoms in total. The molecule has 1 aromatic heterocycles. The highest BCUT2D eigenvalue weighted by Gasteiger charge is 2.32. The van der Waals surface area contributed by atoms with E-state index in [4.69, 9.17) is 4.74 Å². The molecule has 0 unspecified atom stereocenters. The van der Waals surface area contributed by atoms with Crippen LogP contribution in [0.5, 0.6) is 0 Å². The normalized spacial score (nSPS) is 14.4. The molecule has 0 aliphatic carbocycles. The van der Waals surface area contributed by atoms with E-state index in [1.54, 1.807) is 19.3 Å². The third kappa shape index (κ3) is 5.23. The van der Waals surface area contributed by atoms with Crippen LogP contribution in [0.4, 0.5) is 0 Å². The molecule has 158 valence electrons. The number of hydrogen-bond acceptors (Lipinski definition) is 5. The van der Waals surface area contributed by atoms with Crippen LogP contribution in [0.1, 0.15) is 75.0 Å². The van der Waals surface area contributed by atoms with Gasteiger partial charge in [-0.05, 0) is 68.2 Å². The van der Waals surface area contributed by atoms with Crippen LogP contribution in [0, 0.1) is 11.8 Å². The predicted molar refractivity (Wildman–Crippen MR) is 122 cm³/mol. The van der Waals surface area contributed by atoms with E-state index >= 15 is 0 Å². The van der Waals surface area contributed by atoms with E-state index in [-0.39, 0.29) is 12.4 Å². The van der Waals surface area contributed by atoms with Crippen LogP contribution in [-0.2, 0) is 28.8 Å². The van der Waals surface area contributed by atoms with Crippen molar-refractivity contribution >= 4 is 17.7 Å². The first-order valence-corrected chi connectivity index (χ1v) is 11.7. The topological polar surface area (TPSA) is 52.1 Å². The van der Waals surface area contributed by atoms with Crippen LogP contribution in [0.2, 0.25) is 0 Å². The van der Waals surface area contributed by atoms with Crippen LogP contribution < -0.4 is 0 Å². The van der Waals surface area contributed by atoms with Crippen molar-refractivity contribution in [1.29, 1.82) is 0 Å². The number of esters is 1. The number of nitrogens with zero attached hydrogens (tertiary/aromatic N) is 2. The minimum atomic E-state index is -0.291. The van der Waals surface area contributed by atoms with E-state index in [1.807, 2.05) is 0 Å². The molecular weight excluding hydrogens is 392 g/mol. The van der Waals surface area contributed by atoms with Gasteiger partial charge in [-0.1, -0.05) is 26.7 Å². The van der Waals surface area contributed by atoms with Gasteiger partial charge < -0.3 is 4.74 Å². The Balaban J connectivity index is 1.80. The summed E-state index contributed by atoms with van der Waals surface area (Å²) in [7, 11) is 0. The summed E-state index contributed by atoms with van der Waals surface area (Å²) >= 11 is 2.06. The number of fused-ring (bicyclic) bond motifs is 1. The number of aryl methyl sites for hydroxylation is 2. The summed E-state index contributed by atoms with van der Waals surface area (Å²) in [5, 5.41) is 0. The molecule has 30 heavy (non-hydrogen) atoms. The lowest BCUT2D eigenvalue weighted by Gasteiger charge is -2.36. The third-order valence-electron chi connectivity index (χ3n) is 5.79. The molecule has 2 aromatic rings. The zero-order valence-corrected chi connectivity index (χ0v) is 19.2. The summed E-state index contributed by atoms with van der Waals surface area (Å²) in [6, 6.07) is 4.61. The Labute approximate surface area is 184 Å². The van der Waals surface area contributed by atoms with Crippen molar-refractivity contribution in [1.82, 2.24) is 9.97 Å². The van der Waals surface area contributed by atoms with Crippen LogP contribution >= 0.6 is 11.8 Å². The van der Waals surface area contributed by atoms with Gasteiger partial charge >= 0.3 is 5.97 Å². The monoisotopic (exact) mass is 422 g/mol. The quantitative estimate of drug-likeness (QED) is 0.476. The van der Waals surface area contributed by atoms with Gasteiger partial charge in [0.05, 0.1) is 31.1 Å². The molecule has 0 fully saturated rings. The fourth-order valence-electron chi connectivity index (χ4n) is 3.76. The lowest BCUT2D eigenvalue weighted by molar-refractivity contribution is -0.142. The SMILES string of the molecule is CCOC(=O)Cc1cnc(C#Cc2cc3c(cc2CC)SC(CC)(CC)CC3)cn1. The Morgan fingerprint density at radius 3 is 2.57 bits per heavy atom. The minimum Gasteiger partial charge on any atom is -0.466 e. The van der Waals surface area contributed by atoms with Crippen LogP contribution in [0.3, 0.4) is 0 Å². The van der Waals surface area contributed by atoms with E-state index in [9.17, 15) is 4.79 Å². The summed E-state index contributed by atoms with van der Waals surface area (Å²) in [4.78, 5) is 21.6. The smallest absolute Gasteiger partial charge is 0.311 e. The molecular formula is C25H30N2O2S. The van der Waals surface area contributed by atoms with Gasteiger partial charge in [-0.15, -0.1) is 11.8 Å². The average Bonchev–Trinajstić information content (AvgIpc) is 2.77. The average molecular weight is 423 g/mol. The second-order valence-corrected chi connectivity index (χ2v) is 9.10. The van der Waals surface area contributed by atoms with Gasteiger partial charge in [-0.2, -0.15) is 0 Å². The molecule has 0 saturated carbocycles. The molecule has 1 aliphatic heterocycles. The zero-order chi connectivity index (χ0) is 21.6. The third-order valence-corrected chi connectivity index (χ3v) is 7.61. The lowest BCUT2D eigenvalue weighted by Crippen LogP contribution is -2.27. The highest BCUT2D eigenvalue weighted by atomic mass is 32.2. The van der Waals surface area contributed by atoms with Crippen LogP contribution in [0.25, 0.3) is 0 Å². The van der Waals surface area contributed by atoms with Gasteiger partial charge in [0, 0.05) is 15.2 Å². The Morgan fingerprint density at radius 1 is 1.13 bits per heavy atom. The van der Waals surface area contributed by atoms with Crippen molar-refractivity contribution in [2.75, 3.05) is 6.61 Å². The molecule has 0 bridgehead atoms. The van der Waals surface area contributed by atoms with Gasteiger partial charge in [0.15, 0.2) is 0 Å². The Bertz CT molecular complexity index is 954. The number of carbonyl (C=O) groups is 1. The molecule has 5 heteroatoms. The van der Waals surface area contributed by atoms with Gasteiger partial charge in [0.2, 0.25) is 0 Å². The van der Waals surface area contributed by atoms with E-state index in [0.29, 0.717) is 22.7 Å². The molecule has 0 spiro atoms. The zero-order valence-electron chi connectivity index (χ0n) is 18.4. The van der Waals surface area contributed by atoms with Crippen molar-refractivity contribution in [3.8, 4) is 11.8 Å². The molecule has 0 atom stereocenters. The Morgan fingerprint density at radius 2 is 1.93 bits per heavy atom. The fraction of sp³-hybridized carbons (Fsp3) is 0.480. The minimum absolute atomic E-state index is 0.133. The summed E-state index contributed by atoms with van der Waals surface area (Å²) in [5.74, 6) is 6.16. The maximum Gasteiger partial charge on any atom is 0.311 e. The van der Waals surface area contributed by atoms with Gasteiger partial charge in [-0.3, -0.25) is 9.78 Å². The summed E-state index contributed by atoms with van der Waals surface area (Å²) < 4.78 is 5.32. The Kier molecular flexibility index (Phi) is 7.55. The summed E-state index contributed by atoms with van der Waals surface area (Å²) in [6.45, 7) is 8.95. The second-order valence-electron chi connectivity index (χ2n) is 7.59. The summed E-state index contributed by atoms with van der Waals surface area (Å²) in [6.07, 6.45) is 9.07. The van der Waals surface area contributed by atoms with Crippen LogP contribution in [-0.4, -0.2) is 27.3 Å². The molecule has 0 radical (unpaired) electrons. The number of ether oxygens (including phenoxy) is 1. The number of benzene rings is 1. The second kappa shape index (κ2) is 10.1. The number of aromatic nitrogens is 2. The molecule has 1 aromatic carbocycles. The van der Waals surface area contributed by atoms with Crippen molar-refractivity contribution < 1.29 is 9.53 Å². The summed E-state index contributed by atoms with van der Waals surface area (Å²) in [5.41, 5.74) is 4.97. The van der Waals surface area contributed by atoms with Crippen molar-refractivity contribution in [2.24, 2.45) is 0 Å². The molecule has 2 heterocycles. The number of hydrogen-bond donors (Lipinski definition) is 0. The number of carbonyl (C=O) groups excluding carboxylic acids is 1. The van der Waals surface area contributed by atoms with E-state index < -0.39 is 0 Å². The lowest BCUT2D eigenvalue weighted by atomic mass is 9.91. The Hall–Kier alpha value is -2.32. The van der Waals surface area contributed by atoms with Gasteiger partial charge in [0.1, 0.15) is 5.69 Å². The molecule has 0 amide bonds. The first kappa shape index (κ1) is 22.4. The van der Waals surface area contributed by atoms with E-state index in [0.717, 1.165) is 18.4 Å². The van der Waals surface area contributed by atoms with E-state index in [1.165, 1.54) is 35.3 Å². The fourth-order valence-corrected chi connectivity index (χ4v) is 5.22. The van der Waals surface area contributed by atoms with Crippen molar-refractivity contribution in [2.45, 2.75) is 75.9 Å².